The van der Waals surface area contributed by atoms with E-state index in [1.165, 1.54) is 32.1 Å². The summed E-state index contributed by atoms with van der Waals surface area (Å²) in [7, 11) is 1.65. The highest BCUT2D eigenvalue weighted by atomic mass is 35.5. The minimum Gasteiger partial charge on any atom is -0.496 e. The zero-order valence-electron chi connectivity index (χ0n) is 20.2. The van der Waals surface area contributed by atoms with Crippen molar-refractivity contribution in [3.05, 3.63) is 63.6 Å². The van der Waals surface area contributed by atoms with E-state index >= 15 is 0 Å². The molecule has 2 aromatic carbocycles. The number of hydrogen-bond acceptors (Lipinski definition) is 4. The van der Waals surface area contributed by atoms with Gasteiger partial charge < -0.3 is 10.1 Å². The number of ether oxygens (including phenoxy) is 1. The summed E-state index contributed by atoms with van der Waals surface area (Å²) in [4.78, 5) is 19.0. The molecule has 0 radical (unpaired) electrons. The third-order valence-electron chi connectivity index (χ3n) is 7.38. The van der Waals surface area contributed by atoms with Crippen LogP contribution in [0.15, 0.2) is 42.5 Å². The van der Waals surface area contributed by atoms with Gasteiger partial charge in [-0.15, -0.1) is 0 Å². The Balaban J connectivity index is 1.81. The van der Waals surface area contributed by atoms with Crippen LogP contribution in [0.1, 0.15) is 50.2 Å². The third kappa shape index (κ3) is 4.81. The van der Waals surface area contributed by atoms with Crippen LogP contribution >= 0.6 is 23.2 Å². The SMILES string of the molecule is CCNC(=O)C(c1ccc(Cl)c(Cl)c1)(c1ccccc1OC)N1CCN(C2CCCCC2)CC1. The van der Waals surface area contributed by atoms with E-state index in [0.717, 1.165) is 37.3 Å². The quantitative estimate of drug-likeness (QED) is 0.554. The van der Waals surface area contributed by atoms with Crippen LogP contribution in [-0.2, 0) is 10.3 Å². The average Bonchev–Trinajstić information content (AvgIpc) is 2.88. The second-order valence-corrected chi connectivity index (χ2v) is 10.0. The molecule has 0 spiro atoms. The zero-order chi connectivity index (χ0) is 24.1. The van der Waals surface area contributed by atoms with Crippen LogP contribution in [0, 0.1) is 0 Å². The summed E-state index contributed by atoms with van der Waals surface area (Å²) in [5.74, 6) is 0.596. The van der Waals surface area contributed by atoms with Crippen molar-refractivity contribution in [3.63, 3.8) is 0 Å². The lowest BCUT2D eigenvalue weighted by molar-refractivity contribution is -0.133. The van der Waals surface area contributed by atoms with Gasteiger partial charge in [0.1, 0.15) is 5.75 Å². The van der Waals surface area contributed by atoms with Gasteiger partial charge in [0.2, 0.25) is 5.91 Å². The molecular formula is C27H35Cl2N3O2. The molecule has 2 aromatic rings. The lowest BCUT2D eigenvalue weighted by atomic mass is 9.78. The first-order chi connectivity index (χ1) is 16.5. The highest BCUT2D eigenvalue weighted by Gasteiger charge is 2.50. The zero-order valence-corrected chi connectivity index (χ0v) is 21.7. The Morgan fingerprint density at radius 1 is 1.03 bits per heavy atom. The molecule has 1 heterocycles. The second-order valence-electron chi connectivity index (χ2n) is 9.21. The molecule has 1 atom stereocenters. The highest BCUT2D eigenvalue weighted by molar-refractivity contribution is 6.42. The number of para-hydroxylation sites is 1. The van der Waals surface area contributed by atoms with Crippen LogP contribution in [0.25, 0.3) is 0 Å². The van der Waals surface area contributed by atoms with Crippen molar-refractivity contribution < 1.29 is 9.53 Å². The van der Waals surface area contributed by atoms with E-state index in [-0.39, 0.29) is 5.91 Å². The predicted octanol–water partition coefficient (Wildman–Crippen LogP) is 5.33. The number of likely N-dealkylation sites (N-methyl/N-ethyl adjacent to an activating group) is 1. The van der Waals surface area contributed by atoms with E-state index in [1.54, 1.807) is 13.2 Å². The second kappa shape index (κ2) is 11.3. The van der Waals surface area contributed by atoms with Crippen molar-refractivity contribution in [1.29, 1.82) is 0 Å². The average molecular weight is 505 g/mol. The Hall–Kier alpha value is -1.79. The number of halogens is 2. The molecule has 0 aromatic heterocycles. The molecule has 1 saturated carbocycles. The first-order valence-corrected chi connectivity index (χ1v) is 13.1. The fourth-order valence-corrected chi connectivity index (χ4v) is 6.03. The number of rotatable bonds is 7. The van der Waals surface area contributed by atoms with E-state index < -0.39 is 5.54 Å². The minimum absolute atomic E-state index is 0.0796. The number of amides is 1. The maximum absolute atomic E-state index is 14.1. The molecule has 5 nitrogen and oxygen atoms in total. The number of piperazine rings is 1. The Kier molecular flexibility index (Phi) is 8.41. The smallest absolute Gasteiger partial charge is 0.249 e. The van der Waals surface area contributed by atoms with Crippen LogP contribution in [-0.4, -0.2) is 61.6 Å². The van der Waals surface area contributed by atoms with Crippen LogP contribution in [0.5, 0.6) is 5.75 Å². The molecule has 1 unspecified atom stereocenters. The largest absolute Gasteiger partial charge is 0.496 e. The topological polar surface area (TPSA) is 44.8 Å². The van der Waals surface area contributed by atoms with E-state index in [1.807, 2.05) is 43.3 Å². The molecule has 1 aliphatic carbocycles. The summed E-state index contributed by atoms with van der Waals surface area (Å²) >= 11 is 12.8. The number of carbonyl (C=O) groups excluding carboxylic acids is 1. The number of carbonyl (C=O) groups is 1. The molecule has 4 rings (SSSR count). The molecule has 2 fully saturated rings. The maximum atomic E-state index is 14.1. The Bertz CT molecular complexity index is 988. The molecule has 1 aliphatic heterocycles. The van der Waals surface area contributed by atoms with Gasteiger partial charge in [-0.3, -0.25) is 14.6 Å². The summed E-state index contributed by atoms with van der Waals surface area (Å²) in [5, 5.41) is 4.02. The predicted molar refractivity (Wildman–Crippen MR) is 139 cm³/mol. The van der Waals surface area contributed by atoms with Crippen molar-refractivity contribution in [2.75, 3.05) is 39.8 Å². The highest BCUT2D eigenvalue weighted by Crippen LogP contribution is 2.43. The van der Waals surface area contributed by atoms with Crippen molar-refractivity contribution in [1.82, 2.24) is 15.1 Å². The van der Waals surface area contributed by atoms with Crippen LogP contribution in [0.4, 0.5) is 0 Å². The van der Waals surface area contributed by atoms with Crippen molar-refractivity contribution in [2.45, 2.75) is 50.6 Å². The number of nitrogens with one attached hydrogen (secondary N) is 1. The normalized spacial score (nSPS) is 20.0. The van der Waals surface area contributed by atoms with Crippen LogP contribution in [0.3, 0.4) is 0 Å². The van der Waals surface area contributed by atoms with Crippen LogP contribution in [0.2, 0.25) is 10.0 Å². The Labute approximate surface area is 213 Å². The van der Waals surface area contributed by atoms with Gasteiger partial charge >= 0.3 is 0 Å². The molecule has 1 saturated heterocycles. The van der Waals surface area contributed by atoms with Crippen molar-refractivity contribution in [2.24, 2.45) is 0 Å². The summed E-state index contributed by atoms with van der Waals surface area (Å²) in [6.45, 7) is 5.88. The summed E-state index contributed by atoms with van der Waals surface area (Å²) in [5.41, 5.74) is 0.520. The van der Waals surface area contributed by atoms with E-state index in [0.29, 0.717) is 28.4 Å². The van der Waals surface area contributed by atoms with Crippen molar-refractivity contribution in [3.8, 4) is 5.75 Å². The first-order valence-electron chi connectivity index (χ1n) is 12.4. The summed E-state index contributed by atoms with van der Waals surface area (Å²) < 4.78 is 5.79. The summed E-state index contributed by atoms with van der Waals surface area (Å²) in [6.07, 6.45) is 6.54. The maximum Gasteiger partial charge on any atom is 0.249 e. The number of nitrogens with zero attached hydrogens (tertiary/aromatic N) is 2. The lowest BCUT2D eigenvalue weighted by Crippen LogP contribution is -2.63. The Morgan fingerprint density at radius 3 is 2.38 bits per heavy atom. The lowest BCUT2D eigenvalue weighted by Gasteiger charge is -2.49. The fourth-order valence-electron chi connectivity index (χ4n) is 5.73. The van der Waals surface area contributed by atoms with Crippen LogP contribution < -0.4 is 10.1 Å². The first kappa shape index (κ1) is 25.3. The third-order valence-corrected chi connectivity index (χ3v) is 8.12. The summed E-state index contributed by atoms with van der Waals surface area (Å²) in [6, 6.07) is 14.0. The molecule has 1 amide bonds. The van der Waals surface area contributed by atoms with Crippen molar-refractivity contribution >= 4 is 29.1 Å². The molecule has 0 bridgehead atoms. The molecule has 1 N–H and O–H groups in total. The molecular weight excluding hydrogens is 469 g/mol. The van der Waals surface area contributed by atoms with Gasteiger partial charge in [-0.2, -0.15) is 0 Å². The number of methoxy groups -OCH3 is 1. The van der Waals surface area contributed by atoms with Gasteiger partial charge in [-0.25, -0.2) is 0 Å². The van der Waals surface area contributed by atoms with Gasteiger partial charge in [0.15, 0.2) is 5.54 Å². The number of hydrogen-bond donors (Lipinski definition) is 1. The minimum atomic E-state index is -1.09. The Morgan fingerprint density at radius 2 is 1.74 bits per heavy atom. The molecule has 2 aliphatic rings. The van der Waals surface area contributed by atoms with Gasteiger partial charge in [-0.05, 0) is 43.5 Å². The number of benzene rings is 2. The molecule has 7 heteroatoms. The van der Waals surface area contributed by atoms with E-state index in [4.69, 9.17) is 27.9 Å². The van der Waals surface area contributed by atoms with Gasteiger partial charge in [0.05, 0.1) is 17.2 Å². The molecule has 34 heavy (non-hydrogen) atoms. The molecule has 184 valence electrons. The van der Waals surface area contributed by atoms with Gasteiger partial charge in [0, 0.05) is 44.3 Å². The van der Waals surface area contributed by atoms with E-state index in [9.17, 15) is 4.79 Å². The fraction of sp³-hybridized carbons (Fsp3) is 0.519. The van der Waals surface area contributed by atoms with Gasteiger partial charge in [-0.1, -0.05) is 66.7 Å². The monoisotopic (exact) mass is 503 g/mol. The van der Waals surface area contributed by atoms with E-state index in [2.05, 4.69) is 15.1 Å². The standard InChI is InChI=1S/C27H35Cl2N3O2/c1-3-30-26(33)27(20-13-14-23(28)24(29)19-20,22-11-7-8-12-25(22)34-2)32-17-15-31(16-18-32)21-9-5-4-6-10-21/h7-8,11-14,19,21H,3-6,9-10,15-18H2,1-2H3,(H,30,33). The van der Waals surface area contributed by atoms with Gasteiger partial charge in [0.25, 0.3) is 0 Å².